The number of azo groups is 1. The third-order valence-corrected chi connectivity index (χ3v) is 10.3. The van der Waals surface area contributed by atoms with Crippen molar-refractivity contribution in [1.29, 1.82) is 0 Å². The predicted octanol–water partition coefficient (Wildman–Crippen LogP) is -1.42. The third-order valence-electron chi connectivity index (χ3n) is 4.47. The second-order valence-corrected chi connectivity index (χ2v) is 16.3. The van der Waals surface area contributed by atoms with E-state index in [0.29, 0.717) is 18.2 Å². The number of nitrogens with zero attached hydrogens (tertiary/aromatic N) is 2. The second-order valence-electron chi connectivity index (χ2n) is 6.87. The van der Waals surface area contributed by atoms with Crippen LogP contribution in [-0.2, 0) is 27.7 Å². The Balaban J connectivity index is 2.33. The van der Waals surface area contributed by atoms with Crippen molar-refractivity contribution in [2.24, 2.45) is 10.2 Å². The van der Waals surface area contributed by atoms with Gasteiger partial charge in [-0.1, -0.05) is 0 Å². The number of phenolic OH excluding ortho intramolecular Hbond substituents is 1. The molecule has 0 saturated heterocycles. The van der Waals surface area contributed by atoms with Gasteiger partial charge in [-0.05, 0) is 0 Å². The average molecular weight is 656 g/mol. The molecule has 0 aromatic heterocycles. The molecule has 3 aromatic carbocycles. The normalized spacial score (nSPS) is 13.5. The van der Waals surface area contributed by atoms with E-state index >= 15 is 0 Å². The first-order valence-corrected chi connectivity index (χ1v) is 18.4. The number of fused-ring (bicyclic) bond motifs is 1. The predicted molar refractivity (Wildman–Crippen MR) is 117 cm³/mol. The van der Waals surface area contributed by atoms with E-state index in [1.807, 2.05) is 0 Å². The summed E-state index contributed by atoms with van der Waals surface area (Å²) >= 11 is -11.3. The van der Waals surface area contributed by atoms with E-state index in [1.54, 1.807) is 0 Å². The summed E-state index contributed by atoms with van der Waals surface area (Å²) < 4.78 is 125. The summed E-state index contributed by atoms with van der Waals surface area (Å²) in [6.45, 7) is 0. The van der Waals surface area contributed by atoms with Crippen LogP contribution < -0.4 is 8.70 Å². The first-order chi connectivity index (χ1) is 15.8. The zero-order chi connectivity index (χ0) is 26.6. The van der Waals surface area contributed by atoms with Gasteiger partial charge in [0, 0.05) is 0 Å². The Kier molecular flexibility index (Phi) is 7.00. The van der Waals surface area contributed by atoms with Gasteiger partial charge in [0.05, 0.1) is 0 Å². The van der Waals surface area contributed by atoms with Crippen LogP contribution in [-0.4, -0.2) is 75.8 Å². The molecule has 35 heavy (non-hydrogen) atoms. The van der Waals surface area contributed by atoms with Crippen molar-refractivity contribution in [3.05, 3.63) is 42.5 Å². The Labute approximate surface area is 201 Å². The Morgan fingerprint density at radius 2 is 1.37 bits per heavy atom. The fourth-order valence-corrected chi connectivity index (χ4v) is 6.67. The van der Waals surface area contributed by atoms with Gasteiger partial charge >= 0.3 is 203 Å². The molecular formula is C16H14As2N2O13S2. The summed E-state index contributed by atoms with van der Waals surface area (Å²) in [7, 11) is -9.88. The summed E-state index contributed by atoms with van der Waals surface area (Å²) in [5, 5.41) is 17.0. The summed E-state index contributed by atoms with van der Waals surface area (Å²) in [4.78, 5) is -1.76. The Hall–Kier alpha value is -2.30. The van der Waals surface area contributed by atoms with E-state index in [2.05, 4.69) is 10.2 Å². The molecule has 19 heteroatoms. The van der Waals surface area contributed by atoms with E-state index < -0.39 is 84.2 Å². The van der Waals surface area contributed by atoms with Crippen LogP contribution in [0.15, 0.2) is 62.5 Å². The number of benzene rings is 3. The van der Waals surface area contributed by atoms with Gasteiger partial charge in [0.15, 0.2) is 0 Å². The molecule has 0 amide bonds. The van der Waals surface area contributed by atoms with Gasteiger partial charge < -0.3 is 0 Å². The van der Waals surface area contributed by atoms with Crippen molar-refractivity contribution in [3.8, 4) is 5.75 Å². The van der Waals surface area contributed by atoms with Crippen molar-refractivity contribution in [2.75, 3.05) is 0 Å². The molecule has 0 atom stereocenters. The van der Waals surface area contributed by atoms with E-state index in [1.165, 1.54) is 0 Å². The van der Waals surface area contributed by atoms with Crippen LogP contribution in [0.3, 0.4) is 0 Å². The summed E-state index contributed by atoms with van der Waals surface area (Å²) in [5.74, 6) is -0.959. The van der Waals surface area contributed by atoms with E-state index in [9.17, 15) is 54.9 Å². The molecule has 0 bridgehead atoms. The topological polar surface area (TPSA) is 269 Å². The standard InChI is InChI=1S/C16H14As2N2O13S2/c21-16-11-3-2-10(34(28,29)30)5-8(11)6-14(35(31,32)33)15(16)20-19-13-7-9(17(22,23)24)1-4-12(13)18(25,26)27/h1-7,21H,(H2,22,23,24)(H2,25,26,27)(H,28,29,30)(H,31,32,33). The van der Waals surface area contributed by atoms with Crippen LogP contribution in [0.2, 0.25) is 0 Å². The Morgan fingerprint density at radius 1 is 0.743 bits per heavy atom. The fraction of sp³-hybridized carbons (Fsp3) is 0. The first kappa shape index (κ1) is 27.3. The van der Waals surface area contributed by atoms with Gasteiger partial charge in [-0.3, -0.25) is 0 Å². The van der Waals surface area contributed by atoms with Gasteiger partial charge in [0.25, 0.3) is 0 Å². The molecule has 0 unspecified atom stereocenters. The van der Waals surface area contributed by atoms with Crippen LogP contribution in [0.5, 0.6) is 5.75 Å². The molecule has 15 nitrogen and oxygen atoms in total. The molecule has 7 N–H and O–H groups in total. The maximum atomic E-state index is 11.9. The van der Waals surface area contributed by atoms with Crippen LogP contribution >= 0.6 is 0 Å². The van der Waals surface area contributed by atoms with Crippen molar-refractivity contribution >= 4 is 79.4 Å². The van der Waals surface area contributed by atoms with E-state index in [-0.39, 0.29) is 10.8 Å². The van der Waals surface area contributed by atoms with Crippen LogP contribution in [0.25, 0.3) is 10.8 Å². The van der Waals surface area contributed by atoms with Crippen molar-refractivity contribution in [1.82, 2.24) is 0 Å². The van der Waals surface area contributed by atoms with Crippen LogP contribution in [0.4, 0.5) is 11.4 Å². The molecule has 0 fully saturated rings. The molecular weight excluding hydrogens is 642 g/mol. The van der Waals surface area contributed by atoms with Crippen molar-refractivity contribution < 1.29 is 54.9 Å². The number of phenols is 1. The van der Waals surface area contributed by atoms with Gasteiger partial charge in [-0.25, -0.2) is 0 Å². The molecule has 188 valence electrons. The van der Waals surface area contributed by atoms with Crippen molar-refractivity contribution in [2.45, 2.75) is 9.79 Å². The van der Waals surface area contributed by atoms with Gasteiger partial charge in [0.1, 0.15) is 0 Å². The maximum absolute atomic E-state index is 11.9. The molecule has 0 heterocycles. The Morgan fingerprint density at radius 3 is 1.89 bits per heavy atom. The zero-order valence-electron chi connectivity index (χ0n) is 16.7. The van der Waals surface area contributed by atoms with E-state index in [4.69, 9.17) is 0 Å². The molecule has 0 aliphatic heterocycles. The number of aromatic hydroxyl groups is 1. The summed E-state index contributed by atoms with van der Waals surface area (Å²) in [5.41, 5.74) is -1.68. The molecule has 3 aromatic rings. The zero-order valence-corrected chi connectivity index (χ0v) is 22.1. The van der Waals surface area contributed by atoms with Crippen LogP contribution in [0.1, 0.15) is 0 Å². The van der Waals surface area contributed by atoms with E-state index in [0.717, 1.165) is 24.3 Å². The second kappa shape index (κ2) is 8.97. The minimum absolute atomic E-state index is 0.217. The quantitative estimate of drug-likeness (QED) is 0.0913. The molecule has 0 aliphatic rings. The number of hydrogen-bond acceptors (Lipinski definition) is 9. The SMILES string of the molecule is O=S(=O)(O)c1ccc2c(O)c(N=Nc3cc([As](=O)(O)O)ccc3[As](=O)(O)O)c(S(=O)(=O)O)cc2c1. The number of hydrogen-bond donors (Lipinski definition) is 7. The first-order valence-electron chi connectivity index (χ1n) is 8.73. The molecule has 0 aliphatic carbocycles. The van der Waals surface area contributed by atoms with Gasteiger partial charge in [-0.2, -0.15) is 0 Å². The number of rotatable bonds is 6. The molecule has 0 spiro atoms. The molecule has 0 radical (unpaired) electrons. The molecule has 3 rings (SSSR count). The van der Waals surface area contributed by atoms with Gasteiger partial charge in [0.2, 0.25) is 0 Å². The Bertz CT molecular complexity index is 1710. The monoisotopic (exact) mass is 656 g/mol. The van der Waals surface area contributed by atoms with Crippen molar-refractivity contribution in [3.63, 3.8) is 0 Å². The molecule has 0 saturated carbocycles. The summed E-state index contributed by atoms with van der Waals surface area (Å²) in [6.07, 6.45) is 0. The third kappa shape index (κ3) is 5.92. The fourth-order valence-electron chi connectivity index (χ4n) is 2.91. The summed E-state index contributed by atoms with van der Waals surface area (Å²) in [6, 6.07) is 5.44. The van der Waals surface area contributed by atoms with Crippen LogP contribution in [0, 0.1) is 0 Å². The average Bonchev–Trinajstić information content (AvgIpc) is 2.69. The minimum atomic E-state index is -5.76. The van der Waals surface area contributed by atoms with Gasteiger partial charge in [-0.15, -0.1) is 0 Å².